The van der Waals surface area contributed by atoms with E-state index in [1.165, 1.54) is 0 Å². The molecule has 1 saturated heterocycles. The Morgan fingerprint density at radius 3 is 2.75 bits per heavy atom. The van der Waals surface area contributed by atoms with Gasteiger partial charge in [0.15, 0.2) is 0 Å². The monoisotopic (exact) mass is 385 g/mol. The lowest BCUT2D eigenvalue weighted by molar-refractivity contribution is -0.0499. The van der Waals surface area contributed by atoms with E-state index in [-0.39, 0.29) is 5.75 Å². The van der Waals surface area contributed by atoms with Gasteiger partial charge in [-0.25, -0.2) is 0 Å². The molecular weight excluding hydrogens is 360 g/mol. The van der Waals surface area contributed by atoms with Crippen LogP contribution in [0.3, 0.4) is 0 Å². The highest BCUT2D eigenvalue weighted by molar-refractivity contribution is 6.15. The van der Waals surface area contributed by atoms with E-state index in [0.717, 1.165) is 49.2 Å². The Labute approximate surface area is 164 Å². The maximum absolute atomic E-state index is 13.0. The van der Waals surface area contributed by atoms with Gasteiger partial charge in [-0.05, 0) is 56.6 Å². The van der Waals surface area contributed by atoms with Crippen LogP contribution >= 0.6 is 0 Å². The fraction of sp³-hybridized carbons (Fsp3) is 0.409. The summed E-state index contributed by atoms with van der Waals surface area (Å²) in [5.41, 5.74) is 4.31. The molecule has 1 atom stereocenters. The number of hydrogen-bond acceptors (Lipinski definition) is 4. The molecule has 0 spiro atoms. The second-order valence-electron chi connectivity index (χ2n) is 7.64. The molecule has 28 heavy (non-hydrogen) atoms. The summed E-state index contributed by atoms with van der Waals surface area (Å²) in [6, 6.07) is 13.8. The van der Waals surface area contributed by atoms with Crippen molar-refractivity contribution in [2.45, 2.75) is 39.0 Å². The van der Waals surface area contributed by atoms with E-state index in [0.29, 0.717) is 17.3 Å². The highest BCUT2D eigenvalue weighted by atomic mass is 19.3. The molecule has 0 amide bonds. The van der Waals surface area contributed by atoms with E-state index in [1.807, 2.05) is 37.3 Å². The van der Waals surface area contributed by atoms with Gasteiger partial charge in [0.25, 0.3) is 0 Å². The van der Waals surface area contributed by atoms with Gasteiger partial charge in [-0.1, -0.05) is 30.3 Å². The second-order valence-corrected chi connectivity index (χ2v) is 7.64. The van der Waals surface area contributed by atoms with Gasteiger partial charge < -0.3 is 9.64 Å². The Morgan fingerprint density at radius 1 is 1.14 bits per heavy atom. The first-order valence-corrected chi connectivity index (χ1v) is 9.69. The Hall–Kier alpha value is -2.47. The first-order chi connectivity index (χ1) is 13.5. The summed E-state index contributed by atoms with van der Waals surface area (Å²) in [5, 5.41) is 7.07. The highest BCUT2D eigenvalue weighted by Gasteiger charge is 2.29. The predicted molar refractivity (Wildman–Crippen MR) is 106 cm³/mol. The minimum atomic E-state index is -2.87. The van der Waals surface area contributed by atoms with Crippen LogP contribution in [-0.2, 0) is 6.54 Å². The molecule has 0 saturated carbocycles. The zero-order valence-electron chi connectivity index (χ0n) is 16.2. The lowest BCUT2D eigenvalue weighted by Crippen LogP contribution is -2.45. The fourth-order valence-electron chi connectivity index (χ4n) is 4.09. The van der Waals surface area contributed by atoms with Crippen molar-refractivity contribution >= 4 is 5.71 Å². The summed E-state index contributed by atoms with van der Waals surface area (Å²) in [4.78, 5) is 2.32. The molecule has 6 heteroatoms. The van der Waals surface area contributed by atoms with Gasteiger partial charge in [0.05, 0.1) is 12.6 Å². The number of likely N-dealkylation sites (tertiary alicyclic amines) is 1. The average Bonchev–Trinajstić information content (AvgIpc) is 2.67. The van der Waals surface area contributed by atoms with Gasteiger partial charge in [-0.2, -0.15) is 13.9 Å². The molecule has 1 fully saturated rings. The molecule has 0 unspecified atom stereocenters. The van der Waals surface area contributed by atoms with E-state index >= 15 is 0 Å². The third-order valence-corrected chi connectivity index (χ3v) is 5.46. The third-order valence-electron chi connectivity index (χ3n) is 5.46. The van der Waals surface area contributed by atoms with Crippen LogP contribution in [0, 0.1) is 6.92 Å². The normalized spacial score (nSPS) is 20.1. The zero-order valence-corrected chi connectivity index (χ0v) is 16.2. The molecule has 2 aromatic carbocycles. The lowest BCUT2D eigenvalue weighted by Gasteiger charge is -2.39. The van der Waals surface area contributed by atoms with Crippen molar-refractivity contribution in [2.75, 3.05) is 20.1 Å². The molecule has 0 aromatic heterocycles. The topological polar surface area (TPSA) is 28.1 Å². The van der Waals surface area contributed by atoms with Crippen LogP contribution in [0.25, 0.3) is 0 Å². The molecule has 0 N–H and O–H groups in total. The summed E-state index contributed by atoms with van der Waals surface area (Å²) >= 11 is 0. The number of hydrazone groups is 1. The van der Waals surface area contributed by atoms with Crippen molar-refractivity contribution in [1.29, 1.82) is 0 Å². The van der Waals surface area contributed by atoms with E-state index in [4.69, 9.17) is 9.84 Å². The largest absolute Gasteiger partial charge is 0.434 e. The minimum absolute atomic E-state index is 0.172. The number of fused-ring (bicyclic) bond motifs is 1. The molecule has 0 radical (unpaired) electrons. The highest BCUT2D eigenvalue weighted by Crippen LogP contribution is 2.31. The maximum atomic E-state index is 13.0. The Morgan fingerprint density at radius 2 is 1.96 bits per heavy atom. The van der Waals surface area contributed by atoms with E-state index < -0.39 is 6.61 Å². The number of benzene rings is 2. The molecule has 0 bridgehead atoms. The standard InChI is InChI=1S/C22H25F2N3O/c1-15-9-10-19(20(12-15)28-22(23)24)21-18-8-4-3-6-16(18)13-27(25-21)17-7-5-11-26(2)14-17/h3-4,6,8-10,12,17,22H,5,7,11,13-14H2,1-2H3/t17-/m1/s1. The molecule has 4 rings (SSSR count). The van der Waals surface area contributed by atoms with Gasteiger partial charge in [0.2, 0.25) is 0 Å². The van der Waals surface area contributed by atoms with E-state index in [1.54, 1.807) is 6.07 Å². The number of alkyl halides is 2. The Kier molecular flexibility index (Phi) is 5.31. The molecule has 2 heterocycles. The summed E-state index contributed by atoms with van der Waals surface area (Å²) in [7, 11) is 2.13. The summed E-state index contributed by atoms with van der Waals surface area (Å²) < 4.78 is 30.9. The fourth-order valence-corrected chi connectivity index (χ4v) is 4.09. The minimum Gasteiger partial charge on any atom is -0.434 e. The van der Waals surface area contributed by atoms with Gasteiger partial charge >= 0.3 is 6.61 Å². The van der Waals surface area contributed by atoms with Crippen molar-refractivity contribution < 1.29 is 13.5 Å². The molecule has 0 aliphatic carbocycles. The summed E-state index contributed by atoms with van der Waals surface area (Å²) in [6.45, 7) is 1.77. The van der Waals surface area contributed by atoms with Crippen LogP contribution in [0.4, 0.5) is 8.78 Å². The number of hydrogen-bond donors (Lipinski definition) is 0. The zero-order chi connectivity index (χ0) is 19.7. The smallest absolute Gasteiger partial charge is 0.387 e. The number of rotatable bonds is 4. The Balaban J connectivity index is 1.78. The molecule has 2 aromatic rings. The molecule has 2 aliphatic heterocycles. The molecule has 148 valence electrons. The third kappa shape index (κ3) is 3.87. The van der Waals surface area contributed by atoms with Crippen LogP contribution in [0.15, 0.2) is 47.6 Å². The van der Waals surface area contributed by atoms with Crippen LogP contribution in [-0.4, -0.2) is 48.4 Å². The van der Waals surface area contributed by atoms with E-state index in [2.05, 4.69) is 23.0 Å². The second kappa shape index (κ2) is 7.87. The number of nitrogens with zero attached hydrogens (tertiary/aromatic N) is 3. The van der Waals surface area contributed by atoms with E-state index in [9.17, 15) is 8.78 Å². The van der Waals surface area contributed by atoms with Crippen molar-refractivity contribution in [3.8, 4) is 5.75 Å². The van der Waals surface area contributed by atoms with Crippen molar-refractivity contribution in [1.82, 2.24) is 9.91 Å². The SMILES string of the molecule is Cc1ccc(C2=NN([C@@H]3CCCN(C)C3)Cc3ccccc32)c(OC(F)F)c1. The molecule has 4 nitrogen and oxygen atoms in total. The van der Waals surface area contributed by atoms with Crippen LogP contribution < -0.4 is 4.74 Å². The summed E-state index contributed by atoms with van der Waals surface area (Å²) in [5.74, 6) is 0.172. The number of halogens is 2. The molecular formula is C22H25F2N3O. The maximum Gasteiger partial charge on any atom is 0.387 e. The first-order valence-electron chi connectivity index (χ1n) is 9.69. The average molecular weight is 385 g/mol. The summed E-state index contributed by atoms with van der Waals surface area (Å²) in [6.07, 6.45) is 2.21. The van der Waals surface area contributed by atoms with Crippen molar-refractivity contribution in [3.05, 3.63) is 64.7 Å². The number of likely N-dealkylation sites (N-methyl/N-ethyl adjacent to an activating group) is 1. The van der Waals surface area contributed by atoms with Crippen LogP contribution in [0.5, 0.6) is 5.75 Å². The predicted octanol–water partition coefficient (Wildman–Crippen LogP) is 4.26. The van der Waals surface area contributed by atoms with Crippen LogP contribution in [0.2, 0.25) is 0 Å². The lowest BCUT2D eigenvalue weighted by atomic mass is 9.94. The van der Waals surface area contributed by atoms with Crippen molar-refractivity contribution in [2.24, 2.45) is 5.10 Å². The van der Waals surface area contributed by atoms with Gasteiger partial charge in [0, 0.05) is 17.7 Å². The van der Waals surface area contributed by atoms with Crippen LogP contribution in [0.1, 0.15) is 35.1 Å². The van der Waals surface area contributed by atoms with Gasteiger partial charge in [-0.3, -0.25) is 5.01 Å². The quantitative estimate of drug-likeness (QED) is 0.787. The van der Waals surface area contributed by atoms with Gasteiger partial charge in [0.1, 0.15) is 11.5 Å². The van der Waals surface area contributed by atoms with Gasteiger partial charge in [-0.15, -0.1) is 0 Å². The number of piperidine rings is 1. The molecule has 2 aliphatic rings. The van der Waals surface area contributed by atoms with Crippen molar-refractivity contribution in [3.63, 3.8) is 0 Å². The Bertz CT molecular complexity index is 884. The number of ether oxygens (including phenoxy) is 1. The first kappa shape index (κ1) is 18.9. The number of aryl methyl sites for hydroxylation is 1.